The predicted octanol–water partition coefficient (Wildman–Crippen LogP) is 3.58. The molecule has 0 saturated heterocycles. The topological polar surface area (TPSA) is 67.8 Å². The van der Waals surface area contributed by atoms with Crippen LogP contribution < -0.4 is 14.8 Å². The van der Waals surface area contributed by atoms with E-state index < -0.39 is 11.9 Å². The summed E-state index contributed by atoms with van der Waals surface area (Å²) in [5.74, 6) is 0.290. The molecule has 0 heterocycles. The molecule has 0 aliphatic carbocycles. The molecule has 0 fully saturated rings. The Kier molecular flexibility index (Phi) is 8.20. The zero-order valence-corrected chi connectivity index (χ0v) is 14.9. The van der Waals surface area contributed by atoms with Gasteiger partial charge in [0.15, 0.2) is 11.5 Å². The lowest BCUT2D eigenvalue weighted by Crippen LogP contribution is -2.29. The van der Waals surface area contributed by atoms with Crippen molar-refractivity contribution in [2.45, 2.75) is 33.7 Å². The number of halogens is 1. The molecule has 6 heteroatoms. The van der Waals surface area contributed by atoms with Gasteiger partial charge in [0.05, 0.1) is 24.7 Å². The molecule has 0 aliphatic rings. The fourth-order valence-corrected chi connectivity index (χ4v) is 2.73. The quantitative estimate of drug-likeness (QED) is 0.679. The van der Waals surface area contributed by atoms with Gasteiger partial charge in [0.25, 0.3) is 0 Å². The Morgan fingerprint density at radius 2 is 2.09 bits per heavy atom. The number of ether oxygens (including phenoxy) is 2. The first-order chi connectivity index (χ1) is 10.9. The minimum Gasteiger partial charge on any atom is -0.491 e. The average molecular weight is 344 g/mol. The lowest BCUT2D eigenvalue weighted by molar-refractivity contribution is -0.142. The molecule has 1 unspecified atom stereocenters. The largest absolute Gasteiger partial charge is 0.491 e. The number of aliphatic carboxylic acids is 1. The monoisotopic (exact) mass is 343 g/mol. The number of rotatable bonds is 10. The van der Waals surface area contributed by atoms with Gasteiger partial charge in [-0.15, -0.1) is 0 Å². The van der Waals surface area contributed by atoms with Crippen molar-refractivity contribution < 1.29 is 19.4 Å². The molecule has 2 N–H and O–H groups in total. The van der Waals surface area contributed by atoms with Gasteiger partial charge in [0.2, 0.25) is 0 Å². The Morgan fingerprint density at radius 1 is 1.39 bits per heavy atom. The Balaban J connectivity index is 2.72. The average Bonchev–Trinajstić information content (AvgIpc) is 2.46. The number of hydrogen-bond acceptors (Lipinski definition) is 4. The van der Waals surface area contributed by atoms with Crippen LogP contribution in [0.15, 0.2) is 12.1 Å². The molecule has 1 rings (SSSR count). The van der Waals surface area contributed by atoms with Crippen LogP contribution in [0.1, 0.15) is 32.8 Å². The van der Waals surface area contributed by atoms with E-state index in [0.717, 1.165) is 5.56 Å². The molecule has 130 valence electrons. The number of carboxylic acids is 1. The van der Waals surface area contributed by atoms with Gasteiger partial charge in [-0.1, -0.05) is 25.4 Å². The summed E-state index contributed by atoms with van der Waals surface area (Å²) in [7, 11) is 1.55. The van der Waals surface area contributed by atoms with Gasteiger partial charge in [0.1, 0.15) is 0 Å². The summed E-state index contributed by atoms with van der Waals surface area (Å²) in [6, 6.07) is 3.66. The van der Waals surface area contributed by atoms with Gasteiger partial charge in [-0.3, -0.25) is 4.79 Å². The Labute approximate surface area is 142 Å². The third kappa shape index (κ3) is 6.28. The standard InChI is InChI=1S/C17H26ClNO4/c1-5-23-15-8-12(7-14(18)16(15)22-4)9-19-10-13(17(20)21)6-11(2)3/h7-8,11,13,19H,5-6,9-10H2,1-4H3,(H,20,21). The van der Waals surface area contributed by atoms with Gasteiger partial charge < -0.3 is 19.9 Å². The van der Waals surface area contributed by atoms with E-state index in [9.17, 15) is 9.90 Å². The summed E-state index contributed by atoms with van der Waals surface area (Å²) in [5, 5.41) is 12.9. The van der Waals surface area contributed by atoms with Crippen molar-refractivity contribution in [3.63, 3.8) is 0 Å². The summed E-state index contributed by atoms with van der Waals surface area (Å²) >= 11 is 6.20. The van der Waals surface area contributed by atoms with E-state index >= 15 is 0 Å². The van der Waals surface area contributed by atoms with Crippen LogP contribution in [0.4, 0.5) is 0 Å². The molecule has 0 radical (unpaired) electrons. The van der Waals surface area contributed by atoms with E-state index in [2.05, 4.69) is 5.32 Å². The van der Waals surface area contributed by atoms with Gasteiger partial charge in [0, 0.05) is 13.1 Å². The van der Waals surface area contributed by atoms with E-state index in [4.69, 9.17) is 21.1 Å². The first kappa shape index (κ1) is 19.6. The lowest BCUT2D eigenvalue weighted by Gasteiger charge is -2.16. The highest BCUT2D eigenvalue weighted by Crippen LogP contribution is 2.36. The van der Waals surface area contributed by atoms with Crippen molar-refractivity contribution in [3.05, 3.63) is 22.7 Å². The molecule has 23 heavy (non-hydrogen) atoms. The second-order valence-electron chi connectivity index (χ2n) is 5.84. The van der Waals surface area contributed by atoms with Crippen LogP contribution in [-0.4, -0.2) is 31.3 Å². The van der Waals surface area contributed by atoms with Crippen LogP contribution in [-0.2, 0) is 11.3 Å². The second-order valence-corrected chi connectivity index (χ2v) is 6.24. The third-order valence-electron chi connectivity index (χ3n) is 3.40. The first-order valence-electron chi connectivity index (χ1n) is 7.81. The molecule has 0 amide bonds. The third-order valence-corrected chi connectivity index (χ3v) is 3.68. The van der Waals surface area contributed by atoms with Crippen LogP contribution >= 0.6 is 11.6 Å². The van der Waals surface area contributed by atoms with E-state index in [1.165, 1.54) is 0 Å². The molecule has 0 aliphatic heterocycles. The fraction of sp³-hybridized carbons (Fsp3) is 0.588. The van der Waals surface area contributed by atoms with Gasteiger partial charge in [-0.2, -0.15) is 0 Å². The van der Waals surface area contributed by atoms with E-state index in [0.29, 0.717) is 48.6 Å². The van der Waals surface area contributed by atoms with Gasteiger partial charge in [-0.25, -0.2) is 0 Å². The number of nitrogens with one attached hydrogen (secondary N) is 1. The molecule has 1 aromatic carbocycles. The van der Waals surface area contributed by atoms with Crippen LogP contribution in [0.3, 0.4) is 0 Å². The molecule has 1 aromatic rings. The number of carboxylic acid groups (broad SMARTS) is 1. The molecule has 0 spiro atoms. The summed E-state index contributed by atoms with van der Waals surface area (Å²) < 4.78 is 10.8. The number of carbonyl (C=O) groups is 1. The Hall–Kier alpha value is -1.46. The van der Waals surface area contributed by atoms with Crippen molar-refractivity contribution in [1.29, 1.82) is 0 Å². The highest BCUT2D eigenvalue weighted by molar-refractivity contribution is 6.32. The summed E-state index contributed by atoms with van der Waals surface area (Å²) in [5.41, 5.74) is 0.924. The highest BCUT2D eigenvalue weighted by atomic mass is 35.5. The Bertz CT molecular complexity index is 520. The zero-order chi connectivity index (χ0) is 17.4. The maximum absolute atomic E-state index is 11.3. The molecular formula is C17H26ClNO4. The fourth-order valence-electron chi connectivity index (χ4n) is 2.42. The molecule has 5 nitrogen and oxygen atoms in total. The summed E-state index contributed by atoms with van der Waals surface area (Å²) in [6.07, 6.45) is 0.649. The summed E-state index contributed by atoms with van der Waals surface area (Å²) in [6.45, 7) is 7.38. The number of hydrogen-bond donors (Lipinski definition) is 2. The van der Waals surface area contributed by atoms with Crippen LogP contribution in [0, 0.1) is 11.8 Å². The van der Waals surface area contributed by atoms with E-state index in [1.54, 1.807) is 13.2 Å². The minimum absolute atomic E-state index is 0.345. The normalized spacial score (nSPS) is 12.3. The maximum atomic E-state index is 11.3. The second kappa shape index (κ2) is 9.63. The Morgan fingerprint density at radius 3 is 2.61 bits per heavy atom. The SMILES string of the molecule is CCOc1cc(CNCC(CC(C)C)C(=O)O)cc(Cl)c1OC. The van der Waals surface area contributed by atoms with Crippen molar-refractivity contribution >= 4 is 17.6 Å². The number of methoxy groups -OCH3 is 1. The molecular weight excluding hydrogens is 318 g/mol. The van der Waals surface area contributed by atoms with Crippen LogP contribution in [0.2, 0.25) is 5.02 Å². The van der Waals surface area contributed by atoms with Crippen molar-refractivity contribution in [2.75, 3.05) is 20.3 Å². The molecule has 0 saturated carbocycles. The van der Waals surface area contributed by atoms with E-state index in [-0.39, 0.29) is 0 Å². The van der Waals surface area contributed by atoms with Crippen molar-refractivity contribution in [3.8, 4) is 11.5 Å². The molecule has 0 aromatic heterocycles. The van der Waals surface area contributed by atoms with Gasteiger partial charge >= 0.3 is 5.97 Å². The maximum Gasteiger partial charge on any atom is 0.307 e. The van der Waals surface area contributed by atoms with Crippen LogP contribution in [0.5, 0.6) is 11.5 Å². The predicted molar refractivity (Wildman–Crippen MR) is 91.5 cm³/mol. The van der Waals surface area contributed by atoms with E-state index in [1.807, 2.05) is 26.8 Å². The van der Waals surface area contributed by atoms with Gasteiger partial charge in [-0.05, 0) is 37.0 Å². The van der Waals surface area contributed by atoms with Crippen LogP contribution in [0.25, 0.3) is 0 Å². The highest BCUT2D eigenvalue weighted by Gasteiger charge is 2.18. The van der Waals surface area contributed by atoms with Crippen molar-refractivity contribution in [2.24, 2.45) is 11.8 Å². The first-order valence-corrected chi connectivity index (χ1v) is 8.19. The molecule has 0 bridgehead atoms. The van der Waals surface area contributed by atoms with Crippen molar-refractivity contribution in [1.82, 2.24) is 5.32 Å². The minimum atomic E-state index is -0.769. The zero-order valence-electron chi connectivity index (χ0n) is 14.2. The number of benzene rings is 1. The smallest absolute Gasteiger partial charge is 0.307 e. The summed E-state index contributed by atoms with van der Waals surface area (Å²) in [4.78, 5) is 11.3. The lowest BCUT2D eigenvalue weighted by atomic mass is 9.97. The molecule has 1 atom stereocenters.